The average molecular weight is 390 g/mol. The predicted molar refractivity (Wildman–Crippen MR) is 110 cm³/mol. The Balaban J connectivity index is 2.18. The molecule has 6 nitrogen and oxygen atoms in total. The molecule has 2 aromatic carbocycles. The third-order valence-corrected chi connectivity index (χ3v) is 5.29. The van der Waals surface area contributed by atoms with Crippen LogP contribution >= 0.6 is 11.8 Å². The van der Waals surface area contributed by atoms with Gasteiger partial charge in [-0.25, -0.2) is 0 Å². The van der Waals surface area contributed by atoms with E-state index in [2.05, 4.69) is 10.2 Å². The zero-order valence-corrected chi connectivity index (χ0v) is 16.8. The second-order valence-electron chi connectivity index (χ2n) is 6.50. The molecule has 0 bridgehead atoms. The van der Waals surface area contributed by atoms with Crippen molar-refractivity contribution in [3.8, 4) is 5.75 Å². The number of primary amides is 1. The topological polar surface area (TPSA) is 87.8 Å². The first-order chi connectivity index (χ1) is 12.8. The maximum Gasteiger partial charge on any atom is 0.260 e. The van der Waals surface area contributed by atoms with Gasteiger partial charge in [0.2, 0.25) is 0 Å². The normalized spacial score (nSPS) is 13.2. The minimum Gasteiger partial charge on any atom is -0.497 e. The highest BCUT2D eigenvalue weighted by molar-refractivity contribution is 8.01. The lowest BCUT2D eigenvalue weighted by Crippen LogP contribution is -2.42. The van der Waals surface area contributed by atoms with Crippen molar-refractivity contribution >= 4 is 23.4 Å². The Morgan fingerprint density at radius 3 is 2.48 bits per heavy atom. The number of aliphatic hydroxyl groups is 1. The molecule has 0 aliphatic heterocycles. The predicted octanol–water partition coefficient (Wildman–Crippen LogP) is 2.18. The standard InChI is InChI=1S/C20H27N3O3S/c1-23(2)13-12-22-17-6-4-5-7-18(17)27-20(25,19(21)24)14-15-8-10-16(26-3)11-9-15/h4-11,22,25H,12-14H2,1-3H3,(H2,21,24). The summed E-state index contributed by atoms with van der Waals surface area (Å²) in [6.45, 7) is 1.61. The van der Waals surface area contributed by atoms with Crippen LogP contribution < -0.4 is 15.8 Å². The molecule has 4 N–H and O–H groups in total. The molecule has 0 aliphatic carbocycles. The highest BCUT2D eigenvalue weighted by atomic mass is 32.2. The van der Waals surface area contributed by atoms with Gasteiger partial charge in [0.1, 0.15) is 5.75 Å². The molecule has 2 rings (SSSR count). The second-order valence-corrected chi connectivity index (χ2v) is 7.82. The van der Waals surface area contributed by atoms with Crippen LogP contribution in [0.2, 0.25) is 0 Å². The fourth-order valence-electron chi connectivity index (χ4n) is 2.49. The van der Waals surface area contributed by atoms with Gasteiger partial charge in [0.15, 0.2) is 4.93 Å². The van der Waals surface area contributed by atoms with Crippen LogP contribution in [0.5, 0.6) is 5.75 Å². The molecule has 2 aromatic rings. The number of hydrogen-bond donors (Lipinski definition) is 3. The van der Waals surface area contributed by atoms with E-state index in [1.165, 1.54) is 0 Å². The number of anilines is 1. The van der Waals surface area contributed by atoms with E-state index in [4.69, 9.17) is 10.5 Å². The summed E-state index contributed by atoms with van der Waals surface area (Å²) < 4.78 is 5.14. The van der Waals surface area contributed by atoms with E-state index in [-0.39, 0.29) is 6.42 Å². The molecule has 0 aromatic heterocycles. The van der Waals surface area contributed by atoms with Gasteiger partial charge in [-0.15, -0.1) is 0 Å². The molecule has 0 aliphatic rings. The number of nitrogens with zero attached hydrogens (tertiary/aromatic N) is 1. The van der Waals surface area contributed by atoms with Gasteiger partial charge >= 0.3 is 0 Å². The summed E-state index contributed by atoms with van der Waals surface area (Å²) >= 11 is 1.06. The number of likely N-dealkylation sites (N-methyl/N-ethyl adjacent to an activating group) is 1. The smallest absolute Gasteiger partial charge is 0.260 e. The van der Waals surface area contributed by atoms with E-state index in [1.807, 2.05) is 50.5 Å². The molecule has 1 unspecified atom stereocenters. The fraction of sp³-hybridized carbons (Fsp3) is 0.350. The summed E-state index contributed by atoms with van der Waals surface area (Å²) in [6, 6.07) is 14.8. The summed E-state index contributed by atoms with van der Waals surface area (Å²) in [4.78, 5) is 13.2. The zero-order valence-electron chi connectivity index (χ0n) is 15.9. The zero-order chi connectivity index (χ0) is 19.9. The van der Waals surface area contributed by atoms with Crippen molar-refractivity contribution in [1.29, 1.82) is 0 Å². The van der Waals surface area contributed by atoms with Crippen molar-refractivity contribution in [2.24, 2.45) is 5.73 Å². The van der Waals surface area contributed by atoms with E-state index in [9.17, 15) is 9.90 Å². The molecule has 0 saturated heterocycles. The molecule has 0 radical (unpaired) electrons. The Morgan fingerprint density at radius 1 is 1.22 bits per heavy atom. The van der Waals surface area contributed by atoms with E-state index < -0.39 is 10.8 Å². The van der Waals surface area contributed by atoms with E-state index >= 15 is 0 Å². The Morgan fingerprint density at radius 2 is 1.89 bits per heavy atom. The third kappa shape index (κ3) is 6.16. The van der Waals surface area contributed by atoms with Crippen molar-refractivity contribution in [2.75, 3.05) is 39.6 Å². The summed E-state index contributed by atoms with van der Waals surface area (Å²) in [5, 5.41) is 14.3. The first kappa shape index (κ1) is 21.1. The van der Waals surface area contributed by atoms with Crippen molar-refractivity contribution in [3.05, 3.63) is 54.1 Å². The van der Waals surface area contributed by atoms with E-state index in [0.29, 0.717) is 5.75 Å². The maximum absolute atomic E-state index is 12.1. The van der Waals surface area contributed by atoms with Crippen molar-refractivity contribution in [3.63, 3.8) is 0 Å². The van der Waals surface area contributed by atoms with Crippen LogP contribution in [-0.4, -0.2) is 55.1 Å². The summed E-state index contributed by atoms with van der Waals surface area (Å²) in [5.74, 6) is -0.0594. The van der Waals surface area contributed by atoms with Gasteiger partial charge in [0, 0.05) is 30.1 Å². The van der Waals surface area contributed by atoms with E-state index in [1.54, 1.807) is 19.2 Å². The number of amides is 1. The van der Waals surface area contributed by atoms with Crippen LogP contribution in [0.15, 0.2) is 53.4 Å². The first-order valence-corrected chi connectivity index (χ1v) is 9.47. The lowest BCUT2D eigenvalue weighted by atomic mass is 10.1. The van der Waals surface area contributed by atoms with Crippen molar-refractivity contribution in [2.45, 2.75) is 16.2 Å². The molecule has 0 spiro atoms. The van der Waals surface area contributed by atoms with Crippen LogP contribution in [0.25, 0.3) is 0 Å². The lowest BCUT2D eigenvalue weighted by Gasteiger charge is -2.25. The molecular weight excluding hydrogens is 362 g/mol. The number of methoxy groups -OCH3 is 1. The molecule has 27 heavy (non-hydrogen) atoms. The van der Waals surface area contributed by atoms with Gasteiger partial charge in [-0.1, -0.05) is 36.0 Å². The third-order valence-electron chi connectivity index (χ3n) is 4.03. The van der Waals surface area contributed by atoms with Gasteiger partial charge in [0.05, 0.1) is 7.11 Å². The largest absolute Gasteiger partial charge is 0.497 e. The summed E-state index contributed by atoms with van der Waals surface area (Å²) in [6.07, 6.45) is 0.100. The number of para-hydroxylation sites is 1. The van der Waals surface area contributed by atoms with Crippen LogP contribution in [0.4, 0.5) is 5.69 Å². The fourth-order valence-corrected chi connectivity index (χ4v) is 3.59. The SMILES string of the molecule is COc1ccc(CC(O)(Sc2ccccc2NCCN(C)C)C(N)=O)cc1. The minimum absolute atomic E-state index is 0.100. The molecule has 1 amide bonds. The lowest BCUT2D eigenvalue weighted by molar-refractivity contribution is -0.128. The van der Waals surface area contributed by atoms with Crippen LogP contribution in [0.1, 0.15) is 5.56 Å². The number of carbonyl (C=O) groups is 1. The Kier molecular flexibility index (Phi) is 7.53. The van der Waals surface area contributed by atoms with Gasteiger partial charge in [0.25, 0.3) is 5.91 Å². The quantitative estimate of drug-likeness (QED) is 0.426. The van der Waals surface area contributed by atoms with Gasteiger partial charge < -0.3 is 25.8 Å². The summed E-state index contributed by atoms with van der Waals surface area (Å²) in [5.41, 5.74) is 7.21. The number of hydrogen-bond acceptors (Lipinski definition) is 6. The summed E-state index contributed by atoms with van der Waals surface area (Å²) in [7, 11) is 5.59. The highest BCUT2D eigenvalue weighted by Gasteiger charge is 2.36. The number of carbonyl (C=O) groups excluding carboxylic acids is 1. The van der Waals surface area contributed by atoms with Crippen molar-refractivity contribution in [1.82, 2.24) is 4.90 Å². The maximum atomic E-state index is 12.1. The number of benzene rings is 2. The second kappa shape index (κ2) is 9.64. The van der Waals surface area contributed by atoms with Gasteiger partial charge in [-0.05, 0) is 43.9 Å². The van der Waals surface area contributed by atoms with E-state index in [0.717, 1.165) is 41.0 Å². The van der Waals surface area contributed by atoms with Crippen LogP contribution in [-0.2, 0) is 11.2 Å². The molecule has 0 heterocycles. The minimum atomic E-state index is -1.76. The number of rotatable bonds is 10. The van der Waals surface area contributed by atoms with Crippen LogP contribution in [0, 0.1) is 0 Å². The molecular formula is C20H27N3O3S. The monoisotopic (exact) mass is 389 g/mol. The number of nitrogens with one attached hydrogen (secondary N) is 1. The number of thioether (sulfide) groups is 1. The Bertz CT molecular complexity index is 752. The number of nitrogens with two attached hydrogens (primary N) is 1. The van der Waals surface area contributed by atoms with Gasteiger partial charge in [-0.2, -0.15) is 0 Å². The number of ether oxygens (including phenoxy) is 1. The molecule has 7 heteroatoms. The Labute approximate surface area is 164 Å². The molecule has 0 fully saturated rings. The Hall–Kier alpha value is -2.22. The molecule has 146 valence electrons. The average Bonchev–Trinajstić information content (AvgIpc) is 2.63. The molecule has 1 atom stereocenters. The highest BCUT2D eigenvalue weighted by Crippen LogP contribution is 2.38. The van der Waals surface area contributed by atoms with Crippen LogP contribution in [0.3, 0.4) is 0 Å². The van der Waals surface area contributed by atoms with Crippen molar-refractivity contribution < 1.29 is 14.6 Å². The van der Waals surface area contributed by atoms with Gasteiger partial charge in [-0.3, -0.25) is 4.79 Å². The first-order valence-electron chi connectivity index (χ1n) is 8.66. The molecule has 0 saturated carbocycles.